The summed E-state index contributed by atoms with van der Waals surface area (Å²) in [6.07, 6.45) is 5.39. The Morgan fingerprint density at radius 1 is 1.16 bits per heavy atom. The maximum atomic E-state index is 13.2. The minimum Gasteiger partial charge on any atom is -0.467 e. The van der Waals surface area contributed by atoms with Gasteiger partial charge in [0, 0.05) is 6.42 Å². The molecule has 9 heteroatoms. The highest BCUT2D eigenvalue weighted by molar-refractivity contribution is 7.99. The van der Waals surface area contributed by atoms with Gasteiger partial charge in [0.25, 0.3) is 5.91 Å². The lowest BCUT2D eigenvalue weighted by Gasteiger charge is -2.19. The Morgan fingerprint density at radius 2 is 2.00 bits per heavy atom. The van der Waals surface area contributed by atoms with Crippen molar-refractivity contribution in [3.05, 3.63) is 84.0 Å². The van der Waals surface area contributed by atoms with Gasteiger partial charge in [-0.05, 0) is 49.7 Å². The van der Waals surface area contributed by atoms with Crippen molar-refractivity contribution in [1.82, 2.24) is 19.8 Å². The first-order valence-corrected chi connectivity index (χ1v) is 11.2. The Bertz CT molecular complexity index is 1260. The third-order valence-electron chi connectivity index (χ3n) is 5.30. The number of aryl methyl sites for hydroxylation is 2. The molecule has 0 saturated carbocycles. The number of furan rings is 2. The normalized spacial score (nSPS) is 15.9. The van der Waals surface area contributed by atoms with Crippen LogP contribution in [0.4, 0.5) is 0 Å². The van der Waals surface area contributed by atoms with Gasteiger partial charge in [0.05, 0.1) is 24.0 Å². The van der Waals surface area contributed by atoms with Crippen molar-refractivity contribution in [1.29, 1.82) is 0 Å². The van der Waals surface area contributed by atoms with E-state index < -0.39 is 0 Å². The minimum atomic E-state index is -0.310. The molecule has 0 bridgehead atoms. The Morgan fingerprint density at radius 3 is 2.75 bits per heavy atom. The van der Waals surface area contributed by atoms with E-state index in [0.29, 0.717) is 28.8 Å². The number of rotatable bonds is 6. The van der Waals surface area contributed by atoms with E-state index in [1.807, 2.05) is 41.8 Å². The van der Waals surface area contributed by atoms with E-state index in [9.17, 15) is 4.79 Å². The summed E-state index contributed by atoms with van der Waals surface area (Å²) in [4.78, 5) is 13.2. The van der Waals surface area contributed by atoms with Crippen LogP contribution in [0.5, 0.6) is 0 Å². The second-order valence-corrected chi connectivity index (χ2v) is 8.50. The lowest BCUT2D eigenvalue weighted by Crippen LogP contribution is -2.28. The van der Waals surface area contributed by atoms with Gasteiger partial charge in [-0.1, -0.05) is 29.5 Å². The minimum absolute atomic E-state index is 0.145. The maximum absolute atomic E-state index is 13.2. The van der Waals surface area contributed by atoms with Crippen molar-refractivity contribution in [2.24, 2.45) is 5.10 Å². The molecule has 0 radical (unpaired) electrons. The van der Waals surface area contributed by atoms with Crippen molar-refractivity contribution in [3.63, 3.8) is 0 Å². The van der Waals surface area contributed by atoms with Gasteiger partial charge < -0.3 is 8.83 Å². The molecular weight excluding hydrogens is 426 g/mol. The molecule has 4 heterocycles. The number of carbonyl (C=O) groups is 1. The summed E-state index contributed by atoms with van der Waals surface area (Å²) in [6.45, 7) is 4.10. The molecule has 1 atom stereocenters. The monoisotopic (exact) mass is 447 g/mol. The molecule has 0 saturated heterocycles. The zero-order valence-corrected chi connectivity index (χ0v) is 18.5. The molecule has 32 heavy (non-hydrogen) atoms. The Labute approximate surface area is 188 Å². The van der Waals surface area contributed by atoms with Crippen molar-refractivity contribution in [3.8, 4) is 5.69 Å². The highest BCUT2D eigenvalue weighted by atomic mass is 32.2. The fourth-order valence-corrected chi connectivity index (χ4v) is 4.56. The van der Waals surface area contributed by atoms with E-state index in [2.05, 4.69) is 28.3 Å². The third kappa shape index (κ3) is 3.87. The first-order valence-electron chi connectivity index (χ1n) is 10.2. The summed E-state index contributed by atoms with van der Waals surface area (Å²) in [5.41, 5.74) is 4.01. The molecule has 3 aromatic heterocycles. The van der Waals surface area contributed by atoms with Gasteiger partial charge in [-0.3, -0.25) is 9.36 Å². The molecule has 1 unspecified atom stereocenters. The zero-order valence-electron chi connectivity index (χ0n) is 17.6. The topological polar surface area (TPSA) is 89.7 Å². The Balaban J connectivity index is 1.36. The number of benzene rings is 1. The van der Waals surface area contributed by atoms with E-state index in [-0.39, 0.29) is 17.7 Å². The highest BCUT2D eigenvalue weighted by Gasteiger charge is 2.35. The van der Waals surface area contributed by atoms with E-state index in [4.69, 9.17) is 8.83 Å². The van der Waals surface area contributed by atoms with Crippen LogP contribution in [0.15, 0.2) is 80.4 Å². The number of hydrogen-bond acceptors (Lipinski definition) is 7. The molecule has 5 rings (SSSR count). The van der Waals surface area contributed by atoms with Crippen LogP contribution in [0, 0.1) is 13.8 Å². The fraction of sp³-hybridized carbons (Fsp3) is 0.217. The average molecular weight is 448 g/mol. The number of nitrogens with zero attached hydrogens (tertiary/aromatic N) is 5. The molecule has 4 aromatic rings. The van der Waals surface area contributed by atoms with Crippen LogP contribution < -0.4 is 0 Å². The highest BCUT2D eigenvalue weighted by Crippen LogP contribution is 2.34. The quantitative estimate of drug-likeness (QED) is 0.403. The number of hydrazone groups is 1. The molecule has 0 N–H and O–H groups in total. The van der Waals surface area contributed by atoms with Crippen LogP contribution in [0.1, 0.15) is 35.1 Å². The van der Waals surface area contributed by atoms with Crippen LogP contribution in [0.3, 0.4) is 0 Å². The standard InChI is InChI=1S/C23H21N5O3S/c1-15-7-8-18(16(2)11-15)27-14-24-25-23(27)32-13-22(29)28-19(21-6-4-10-31-21)12-17(26-28)20-5-3-9-30-20/h3-11,14,19H,12-13H2,1-2H3. The first kappa shape index (κ1) is 20.3. The summed E-state index contributed by atoms with van der Waals surface area (Å²) in [5.74, 6) is 1.36. The summed E-state index contributed by atoms with van der Waals surface area (Å²) in [6, 6.07) is 13.2. The lowest BCUT2D eigenvalue weighted by molar-refractivity contribution is -0.130. The predicted octanol–water partition coefficient (Wildman–Crippen LogP) is 4.54. The van der Waals surface area contributed by atoms with E-state index >= 15 is 0 Å². The smallest absolute Gasteiger partial charge is 0.253 e. The van der Waals surface area contributed by atoms with Crippen LogP contribution in [0.2, 0.25) is 0 Å². The predicted molar refractivity (Wildman–Crippen MR) is 120 cm³/mol. The maximum Gasteiger partial charge on any atom is 0.253 e. The molecular formula is C23H21N5O3S. The summed E-state index contributed by atoms with van der Waals surface area (Å²) in [7, 11) is 0. The van der Waals surface area contributed by atoms with Crippen molar-refractivity contribution in [2.45, 2.75) is 31.5 Å². The number of carbonyl (C=O) groups excluding carboxylic acids is 1. The number of aromatic nitrogens is 3. The average Bonchev–Trinajstić information content (AvgIpc) is 3.58. The Kier molecular flexibility index (Phi) is 5.40. The largest absolute Gasteiger partial charge is 0.467 e. The van der Waals surface area contributed by atoms with Crippen LogP contribution in [-0.2, 0) is 4.79 Å². The van der Waals surface area contributed by atoms with Gasteiger partial charge in [-0.2, -0.15) is 5.10 Å². The molecule has 0 fully saturated rings. The SMILES string of the molecule is Cc1ccc(-n2cnnc2SCC(=O)N2N=C(c3ccco3)CC2c2ccco2)c(C)c1. The van der Waals surface area contributed by atoms with E-state index in [0.717, 1.165) is 11.3 Å². The molecule has 1 aliphatic rings. The second-order valence-electron chi connectivity index (χ2n) is 7.56. The van der Waals surface area contributed by atoms with Gasteiger partial charge in [0.1, 0.15) is 29.6 Å². The molecule has 0 aliphatic carbocycles. The van der Waals surface area contributed by atoms with Crippen LogP contribution >= 0.6 is 11.8 Å². The lowest BCUT2D eigenvalue weighted by atomic mass is 10.1. The van der Waals surface area contributed by atoms with Crippen molar-refractivity contribution >= 4 is 23.4 Å². The van der Waals surface area contributed by atoms with Gasteiger partial charge in [-0.25, -0.2) is 5.01 Å². The third-order valence-corrected chi connectivity index (χ3v) is 6.22. The molecule has 8 nitrogen and oxygen atoms in total. The van der Waals surface area contributed by atoms with Crippen LogP contribution in [0.25, 0.3) is 5.69 Å². The van der Waals surface area contributed by atoms with E-state index in [1.54, 1.807) is 24.9 Å². The summed E-state index contributed by atoms with van der Waals surface area (Å²) >= 11 is 1.33. The van der Waals surface area contributed by atoms with Crippen molar-refractivity contribution < 1.29 is 13.6 Å². The first-order chi connectivity index (χ1) is 15.6. The number of hydrogen-bond donors (Lipinski definition) is 0. The molecule has 1 aliphatic heterocycles. The zero-order chi connectivity index (χ0) is 22.1. The van der Waals surface area contributed by atoms with Gasteiger partial charge in [0.2, 0.25) is 0 Å². The molecule has 1 amide bonds. The molecule has 162 valence electrons. The van der Waals surface area contributed by atoms with Crippen LogP contribution in [-0.4, -0.2) is 37.1 Å². The van der Waals surface area contributed by atoms with Crippen molar-refractivity contribution in [2.75, 3.05) is 5.75 Å². The second kappa shape index (κ2) is 8.51. The van der Waals surface area contributed by atoms with Gasteiger partial charge >= 0.3 is 0 Å². The fourth-order valence-electron chi connectivity index (χ4n) is 3.79. The molecule has 1 aromatic carbocycles. The Hall–Kier alpha value is -3.59. The van der Waals surface area contributed by atoms with Gasteiger partial charge in [-0.15, -0.1) is 10.2 Å². The summed E-state index contributed by atoms with van der Waals surface area (Å²) in [5, 5.41) is 15.0. The molecule has 0 spiro atoms. The number of thioether (sulfide) groups is 1. The van der Waals surface area contributed by atoms with Gasteiger partial charge in [0.15, 0.2) is 5.16 Å². The summed E-state index contributed by atoms with van der Waals surface area (Å²) < 4.78 is 13.0. The number of amides is 1. The van der Waals surface area contributed by atoms with E-state index in [1.165, 1.54) is 22.3 Å².